The second-order valence-corrected chi connectivity index (χ2v) is 9.58. The highest BCUT2D eigenvalue weighted by atomic mass is 32.2. The third kappa shape index (κ3) is 5.47. The lowest BCUT2D eigenvalue weighted by atomic mass is 10.2. The minimum absolute atomic E-state index is 0.1000. The number of ether oxygens (including phenoxy) is 1. The highest BCUT2D eigenvalue weighted by Crippen LogP contribution is 2.25. The van der Waals surface area contributed by atoms with Crippen molar-refractivity contribution in [1.29, 1.82) is 0 Å². The molecule has 1 aliphatic rings. The molecule has 1 saturated heterocycles. The number of hydrogen-bond acceptors (Lipinski definition) is 6. The predicted molar refractivity (Wildman–Crippen MR) is 120 cm³/mol. The monoisotopic (exact) mass is 473 g/mol. The van der Waals surface area contributed by atoms with E-state index in [1.54, 1.807) is 31.2 Å². The second kappa shape index (κ2) is 9.82. The number of anilines is 1. The lowest BCUT2D eigenvalue weighted by molar-refractivity contribution is -0.116. The first-order chi connectivity index (χ1) is 15.8. The van der Waals surface area contributed by atoms with E-state index in [0.29, 0.717) is 54.8 Å². The van der Waals surface area contributed by atoms with Gasteiger partial charge in [-0.25, -0.2) is 17.8 Å². The van der Waals surface area contributed by atoms with Crippen molar-refractivity contribution in [2.75, 3.05) is 31.6 Å². The van der Waals surface area contributed by atoms with Gasteiger partial charge in [0.05, 0.1) is 24.3 Å². The van der Waals surface area contributed by atoms with Gasteiger partial charge in [-0.15, -0.1) is 0 Å². The zero-order valence-corrected chi connectivity index (χ0v) is 18.9. The number of aryl methyl sites for hydroxylation is 2. The Hall–Kier alpha value is -3.08. The molecule has 1 aliphatic heterocycles. The predicted octanol–water partition coefficient (Wildman–Crippen LogP) is 3.38. The molecule has 0 bridgehead atoms. The van der Waals surface area contributed by atoms with Crippen LogP contribution in [0.3, 0.4) is 0 Å². The van der Waals surface area contributed by atoms with Gasteiger partial charge in [-0.1, -0.05) is 6.07 Å². The Kier molecular flexibility index (Phi) is 6.87. The zero-order chi connectivity index (χ0) is 23.4. The van der Waals surface area contributed by atoms with Crippen LogP contribution in [0, 0.1) is 12.7 Å². The minimum Gasteiger partial charge on any atom is -0.441 e. The lowest BCUT2D eigenvalue weighted by Crippen LogP contribution is -2.40. The van der Waals surface area contributed by atoms with Gasteiger partial charge < -0.3 is 14.5 Å². The number of halogens is 1. The molecular formula is C23H24FN3O5S. The minimum atomic E-state index is -3.68. The van der Waals surface area contributed by atoms with E-state index in [4.69, 9.17) is 9.15 Å². The largest absolute Gasteiger partial charge is 0.441 e. The van der Waals surface area contributed by atoms with Gasteiger partial charge in [-0.3, -0.25) is 4.79 Å². The molecule has 0 saturated carbocycles. The second-order valence-electron chi connectivity index (χ2n) is 7.67. The van der Waals surface area contributed by atoms with Crippen LogP contribution < -0.4 is 5.32 Å². The van der Waals surface area contributed by atoms with Crippen molar-refractivity contribution in [3.63, 3.8) is 0 Å². The van der Waals surface area contributed by atoms with Crippen molar-refractivity contribution in [2.24, 2.45) is 0 Å². The molecule has 0 aliphatic carbocycles. The van der Waals surface area contributed by atoms with Crippen LogP contribution in [-0.4, -0.2) is 49.9 Å². The standard InChI is InChI=1S/C23H24FN3O5S/c1-16-2-7-19(14-21(16)33(29,30)27-10-12-31-13-11-27)26-22(28)8-9-23-25-15-20(32-23)17-3-5-18(24)6-4-17/h2-7,14-15H,8-13H2,1H3,(H,26,28). The van der Waals surface area contributed by atoms with Crippen LogP contribution in [-0.2, 0) is 26.0 Å². The first-order valence-corrected chi connectivity index (χ1v) is 12.0. The molecule has 8 nitrogen and oxygen atoms in total. The van der Waals surface area contributed by atoms with Gasteiger partial charge in [0.1, 0.15) is 5.82 Å². The average Bonchev–Trinajstić information content (AvgIpc) is 3.29. The van der Waals surface area contributed by atoms with Crippen LogP contribution in [0.1, 0.15) is 17.9 Å². The number of carbonyl (C=O) groups is 1. The molecule has 0 radical (unpaired) electrons. The third-order valence-electron chi connectivity index (χ3n) is 5.31. The summed E-state index contributed by atoms with van der Waals surface area (Å²) in [7, 11) is -3.68. The molecule has 3 aromatic rings. The number of benzene rings is 2. The quantitative estimate of drug-likeness (QED) is 0.565. The number of rotatable bonds is 7. The number of amides is 1. The van der Waals surface area contributed by atoms with Crippen molar-refractivity contribution >= 4 is 21.6 Å². The Balaban J connectivity index is 1.39. The number of morpholine rings is 1. The van der Waals surface area contributed by atoms with E-state index in [2.05, 4.69) is 10.3 Å². The van der Waals surface area contributed by atoms with E-state index in [1.807, 2.05) is 0 Å². The maximum absolute atomic E-state index is 13.1. The maximum Gasteiger partial charge on any atom is 0.243 e. The summed E-state index contributed by atoms with van der Waals surface area (Å²) in [4.78, 5) is 16.8. The van der Waals surface area contributed by atoms with E-state index < -0.39 is 10.0 Å². The van der Waals surface area contributed by atoms with Gasteiger partial charge in [0.2, 0.25) is 15.9 Å². The zero-order valence-electron chi connectivity index (χ0n) is 18.1. The van der Waals surface area contributed by atoms with Crippen molar-refractivity contribution in [1.82, 2.24) is 9.29 Å². The number of oxazole rings is 1. The molecule has 1 amide bonds. The van der Waals surface area contributed by atoms with Crippen molar-refractivity contribution < 1.29 is 26.8 Å². The summed E-state index contributed by atoms with van der Waals surface area (Å²) in [6.07, 6.45) is 1.89. The van der Waals surface area contributed by atoms with Crippen molar-refractivity contribution in [2.45, 2.75) is 24.7 Å². The highest BCUT2D eigenvalue weighted by Gasteiger charge is 2.28. The lowest BCUT2D eigenvalue weighted by Gasteiger charge is -2.26. The molecule has 0 unspecified atom stereocenters. The van der Waals surface area contributed by atoms with E-state index in [1.165, 1.54) is 28.7 Å². The molecule has 1 N–H and O–H groups in total. The first kappa shape index (κ1) is 23.1. The van der Waals surface area contributed by atoms with Crippen LogP contribution in [0.15, 0.2) is 58.0 Å². The molecule has 0 spiro atoms. The number of nitrogens with zero attached hydrogens (tertiary/aromatic N) is 2. The molecule has 4 rings (SSSR count). The number of sulfonamides is 1. The smallest absolute Gasteiger partial charge is 0.243 e. The van der Waals surface area contributed by atoms with Crippen LogP contribution >= 0.6 is 0 Å². The molecule has 0 atom stereocenters. The summed E-state index contributed by atoms with van der Waals surface area (Å²) in [5.74, 6) is 0.230. The summed E-state index contributed by atoms with van der Waals surface area (Å²) < 4.78 is 51.4. The summed E-state index contributed by atoms with van der Waals surface area (Å²) in [5, 5.41) is 2.74. The molecule has 10 heteroatoms. The van der Waals surface area contributed by atoms with E-state index in [-0.39, 0.29) is 29.5 Å². The molecule has 174 valence electrons. The summed E-state index contributed by atoms with van der Waals surface area (Å²) in [6.45, 7) is 3.04. The Bertz CT molecular complexity index is 1240. The molecule has 2 aromatic carbocycles. The number of carbonyl (C=O) groups excluding carboxylic acids is 1. The maximum atomic E-state index is 13.1. The molecule has 33 heavy (non-hydrogen) atoms. The van der Waals surface area contributed by atoms with Crippen molar-refractivity contribution in [3.05, 3.63) is 65.9 Å². The topological polar surface area (TPSA) is 102 Å². The van der Waals surface area contributed by atoms with Gasteiger partial charge in [-0.05, 0) is 48.9 Å². The Labute approximate surface area is 191 Å². The summed E-state index contributed by atoms with van der Waals surface area (Å²) in [5.41, 5.74) is 1.69. The van der Waals surface area contributed by atoms with Gasteiger partial charge in [0, 0.05) is 37.2 Å². The fraction of sp³-hybridized carbons (Fsp3) is 0.304. The fourth-order valence-electron chi connectivity index (χ4n) is 3.50. The summed E-state index contributed by atoms with van der Waals surface area (Å²) >= 11 is 0. The number of nitrogens with one attached hydrogen (secondary N) is 1. The summed E-state index contributed by atoms with van der Waals surface area (Å²) in [6, 6.07) is 10.7. The SMILES string of the molecule is Cc1ccc(NC(=O)CCc2ncc(-c3ccc(F)cc3)o2)cc1S(=O)(=O)N1CCOCC1. The van der Waals surface area contributed by atoms with Gasteiger partial charge in [0.25, 0.3) is 0 Å². The third-order valence-corrected chi connectivity index (χ3v) is 7.35. The fourth-order valence-corrected chi connectivity index (χ4v) is 5.16. The Morgan fingerprint density at radius 1 is 1.15 bits per heavy atom. The average molecular weight is 474 g/mol. The Morgan fingerprint density at radius 3 is 2.61 bits per heavy atom. The van der Waals surface area contributed by atoms with Crippen LogP contribution in [0.5, 0.6) is 0 Å². The van der Waals surface area contributed by atoms with Gasteiger partial charge in [0.15, 0.2) is 11.7 Å². The van der Waals surface area contributed by atoms with E-state index >= 15 is 0 Å². The first-order valence-electron chi connectivity index (χ1n) is 10.5. The van der Waals surface area contributed by atoms with Crippen LogP contribution in [0.2, 0.25) is 0 Å². The van der Waals surface area contributed by atoms with Crippen LogP contribution in [0.25, 0.3) is 11.3 Å². The normalized spacial score (nSPS) is 14.8. The number of hydrogen-bond donors (Lipinski definition) is 1. The number of aromatic nitrogens is 1. The Morgan fingerprint density at radius 2 is 1.88 bits per heavy atom. The molecule has 1 aromatic heterocycles. The van der Waals surface area contributed by atoms with E-state index in [0.717, 1.165) is 0 Å². The van der Waals surface area contributed by atoms with Gasteiger partial charge >= 0.3 is 0 Å². The van der Waals surface area contributed by atoms with E-state index in [9.17, 15) is 17.6 Å². The van der Waals surface area contributed by atoms with Gasteiger partial charge in [-0.2, -0.15) is 4.31 Å². The highest BCUT2D eigenvalue weighted by molar-refractivity contribution is 7.89. The van der Waals surface area contributed by atoms with Crippen LogP contribution in [0.4, 0.5) is 10.1 Å². The molecule has 2 heterocycles. The van der Waals surface area contributed by atoms with Crippen molar-refractivity contribution in [3.8, 4) is 11.3 Å². The molecular weight excluding hydrogens is 449 g/mol. The molecule has 1 fully saturated rings.